The summed E-state index contributed by atoms with van der Waals surface area (Å²) >= 11 is 0. The molecule has 7 nitrogen and oxygen atoms in total. The maximum atomic E-state index is 12.5. The van der Waals surface area contributed by atoms with Gasteiger partial charge >= 0.3 is 12.3 Å². The number of ether oxygens (including phenoxy) is 2. The van der Waals surface area contributed by atoms with Gasteiger partial charge in [-0.15, -0.1) is 13.2 Å². The van der Waals surface area contributed by atoms with Crippen LogP contribution in [-0.2, 0) is 16.0 Å². The Morgan fingerprint density at radius 1 is 1.09 bits per heavy atom. The zero-order valence-corrected chi connectivity index (χ0v) is 18.2. The van der Waals surface area contributed by atoms with Crippen molar-refractivity contribution in [2.24, 2.45) is 0 Å². The Hall–Kier alpha value is -3.82. The predicted octanol–water partition coefficient (Wildman–Crippen LogP) is 4.75. The third-order valence-corrected chi connectivity index (χ3v) is 4.95. The number of aromatic nitrogens is 2. The number of hydrogen-bond acceptors (Lipinski definition) is 5. The maximum Gasteiger partial charge on any atom is 0.573 e. The minimum absolute atomic E-state index is 0.166. The molecule has 3 aromatic rings. The number of nitrogens with zero attached hydrogens (tertiary/aromatic N) is 2. The van der Waals surface area contributed by atoms with Crippen molar-refractivity contribution in [3.63, 3.8) is 0 Å². The van der Waals surface area contributed by atoms with Gasteiger partial charge in [0.2, 0.25) is 0 Å². The second kappa shape index (κ2) is 9.76. The lowest BCUT2D eigenvalue weighted by molar-refractivity contribution is -0.274. The Morgan fingerprint density at radius 2 is 1.79 bits per heavy atom. The summed E-state index contributed by atoms with van der Waals surface area (Å²) in [6.45, 7) is 3.75. The molecule has 0 aliphatic heterocycles. The van der Waals surface area contributed by atoms with Crippen molar-refractivity contribution in [1.29, 1.82) is 0 Å². The summed E-state index contributed by atoms with van der Waals surface area (Å²) < 4.78 is 47.5. The predicted molar refractivity (Wildman–Crippen MR) is 114 cm³/mol. The Morgan fingerprint density at radius 3 is 2.42 bits per heavy atom. The van der Waals surface area contributed by atoms with Gasteiger partial charge in [0.25, 0.3) is 5.91 Å². The number of aryl methyl sites for hydroxylation is 1. The molecule has 33 heavy (non-hydrogen) atoms. The van der Waals surface area contributed by atoms with Crippen molar-refractivity contribution in [2.45, 2.75) is 33.1 Å². The Labute approximate surface area is 188 Å². The van der Waals surface area contributed by atoms with Crippen molar-refractivity contribution in [2.75, 3.05) is 12.4 Å². The van der Waals surface area contributed by atoms with E-state index in [0.29, 0.717) is 12.0 Å². The molecule has 0 spiro atoms. The molecule has 3 rings (SSSR count). The molecule has 0 aliphatic carbocycles. The summed E-state index contributed by atoms with van der Waals surface area (Å²) in [4.78, 5) is 24.0. The average molecular weight is 461 g/mol. The van der Waals surface area contributed by atoms with Gasteiger partial charge in [0.1, 0.15) is 5.75 Å². The summed E-state index contributed by atoms with van der Waals surface area (Å²) in [5.41, 5.74) is 3.81. The van der Waals surface area contributed by atoms with E-state index in [9.17, 15) is 22.8 Å². The Bertz CT molecular complexity index is 1150. The molecule has 0 aliphatic rings. The minimum atomic E-state index is -4.82. The highest BCUT2D eigenvalue weighted by molar-refractivity contribution is 6.04. The first-order chi connectivity index (χ1) is 15.6. The monoisotopic (exact) mass is 461 g/mol. The zero-order valence-electron chi connectivity index (χ0n) is 18.2. The molecule has 0 saturated carbocycles. The van der Waals surface area contributed by atoms with Gasteiger partial charge in [-0.3, -0.25) is 9.59 Å². The fourth-order valence-corrected chi connectivity index (χ4v) is 3.35. The average Bonchev–Trinajstić information content (AvgIpc) is 3.04. The van der Waals surface area contributed by atoms with Crippen LogP contribution in [0.3, 0.4) is 0 Å². The number of carbonyl (C=O) groups is 2. The SMILES string of the molecule is COC(=O)CCc1c(C)nn(-c2ccc(C(=O)Nc3cccc(OC(F)(F)F)c3)cc2)c1C. The molecule has 2 aromatic carbocycles. The second-order valence-electron chi connectivity index (χ2n) is 7.21. The standard InChI is InChI=1S/C23H22F3N3O4/c1-14-20(11-12-21(30)32-3)15(2)29(28-14)18-9-7-16(8-10-18)22(31)27-17-5-4-6-19(13-17)33-23(24,25)26/h4-10,13H,11-12H2,1-3H3,(H,27,31). The second-order valence-corrected chi connectivity index (χ2v) is 7.21. The van der Waals surface area contributed by atoms with Gasteiger partial charge in [0.15, 0.2) is 0 Å². The van der Waals surface area contributed by atoms with Crippen molar-refractivity contribution in [3.8, 4) is 11.4 Å². The van der Waals surface area contributed by atoms with E-state index in [-0.39, 0.29) is 18.1 Å². The van der Waals surface area contributed by atoms with Crippen LogP contribution in [0.15, 0.2) is 48.5 Å². The highest BCUT2D eigenvalue weighted by Crippen LogP contribution is 2.25. The number of esters is 1. The van der Waals surface area contributed by atoms with Crippen LogP contribution in [0.25, 0.3) is 5.69 Å². The Balaban J connectivity index is 1.72. The molecule has 1 aromatic heterocycles. The lowest BCUT2D eigenvalue weighted by Gasteiger charge is -2.11. The van der Waals surface area contributed by atoms with E-state index in [4.69, 9.17) is 0 Å². The molecule has 0 atom stereocenters. The molecule has 0 bridgehead atoms. The van der Waals surface area contributed by atoms with E-state index in [1.54, 1.807) is 28.9 Å². The largest absolute Gasteiger partial charge is 0.573 e. The van der Waals surface area contributed by atoms with Crippen LogP contribution in [0.2, 0.25) is 0 Å². The maximum absolute atomic E-state index is 12.5. The van der Waals surface area contributed by atoms with E-state index >= 15 is 0 Å². The highest BCUT2D eigenvalue weighted by atomic mass is 19.4. The molecule has 0 fully saturated rings. The van der Waals surface area contributed by atoms with E-state index in [1.807, 2.05) is 13.8 Å². The van der Waals surface area contributed by atoms with Gasteiger partial charge < -0.3 is 14.8 Å². The number of rotatable bonds is 7. The first kappa shape index (κ1) is 23.8. The lowest BCUT2D eigenvalue weighted by Crippen LogP contribution is -2.17. The molecule has 174 valence electrons. The van der Waals surface area contributed by atoms with Crippen molar-refractivity contribution in [1.82, 2.24) is 9.78 Å². The molecular formula is C23H22F3N3O4. The Kier molecular flexibility index (Phi) is 7.05. The van der Waals surface area contributed by atoms with E-state index in [1.165, 1.54) is 19.2 Å². The van der Waals surface area contributed by atoms with E-state index in [0.717, 1.165) is 34.8 Å². The number of amides is 1. The summed E-state index contributed by atoms with van der Waals surface area (Å²) in [7, 11) is 1.34. The summed E-state index contributed by atoms with van der Waals surface area (Å²) in [6, 6.07) is 11.6. The van der Waals surface area contributed by atoms with Crippen LogP contribution in [0.5, 0.6) is 5.75 Å². The summed E-state index contributed by atoms with van der Waals surface area (Å²) in [5.74, 6) is -1.21. The fourth-order valence-electron chi connectivity index (χ4n) is 3.35. The van der Waals surface area contributed by atoms with Crippen LogP contribution in [-0.4, -0.2) is 35.1 Å². The van der Waals surface area contributed by atoms with Gasteiger partial charge in [-0.25, -0.2) is 4.68 Å². The number of anilines is 1. The number of carbonyl (C=O) groups excluding carboxylic acids is 2. The number of hydrogen-bond donors (Lipinski definition) is 1. The van der Waals surface area contributed by atoms with Crippen LogP contribution < -0.4 is 10.1 Å². The summed E-state index contributed by atoms with van der Waals surface area (Å²) in [6.07, 6.45) is -4.07. The summed E-state index contributed by atoms with van der Waals surface area (Å²) in [5, 5.41) is 7.07. The minimum Gasteiger partial charge on any atom is -0.469 e. The third-order valence-electron chi connectivity index (χ3n) is 4.95. The number of benzene rings is 2. The lowest BCUT2D eigenvalue weighted by atomic mass is 10.1. The van der Waals surface area contributed by atoms with Crippen LogP contribution >= 0.6 is 0 Å². The molecular weight excluding hydrogens is 439 g/mol. The molecule has 10 heteroatoms. The van der Waals surface area contributed by atoms with E-state index < -0.39 is 18.0 Å². The van der Waals surface area contributed by atoms with Crippen LogP contribution in [0, 0.1) is 13.8 Å². The first-order valence-electron chi connectivity index (χ1n) is 9.97. The number of methoxy groups -OCH3 is 1. The number of alkyl halides is 3. The molecule has 1 amide bonds. The third kappa shape index (κ3) is 6.12. The topological polar surface area (TPSA) is 82.5 Å². The molecule has 0 saturated heterocycles. The quantitative estimate of drug-likeness (QED) is 0.514. The van der Waals surface area contributed by atoms with Gasteiger partial charge in [0, 0.05) is 29.4 Å². The molecule has 0 radical (unpaired) electrons. The van der Waals surface area contributed by atoms with Gasteiger partial charge in [0.05, 0.1) is 18.5 Å². The van der Waals surface area contributed by atoms with Crippen molar-refractivity contribution in [3.05, 3.63) is 71.0 Å². The van der Waals surface area contributed by atoms with Crippen LogP contribution in [0.1, 0.15) is 33.7 Å². The first-order valence-corrected chi connectivity index (χ1v) is 9.97. The van der Waals surface area contributed by atoms with Gasteiger partial charge in [-0.2, -0.15) is 5.10 Å². The van der Waals surface area contributed by atoms with Gasteiger partial charge in [-0.05, 0) is 62.2 Å². The smallest absolute Gasteiger partial charge is 0.469 e. The molecule has 0 unspecified atom stereocenters. The normalized spacial score (nSPS) is 11.2. The zero-order chi connectivity index (χ0) is 24.2. The molecule has 1 N–H and O–H groups in total. The van der Waals surface area contributed by atoms with E-state index in [2.05, 4.69) is 19.9 Å². The highest BCUT2D eigenvalue weighted by Gasteiger charge is 2.31. The number of nitrogens with one attached hydrogen (secondary N) is 1. The molecule has 1 heterocycles. The number of halogens is 3. The van der Waals surface area contributed by atoms with Crippen molar-refractivity contribution >= 4 is 17.6 Å². The van der Waals surface area contributed by atoms with Gasteiger partial charge in [-0.1, -0.05) is 6.07 Å². The van der Waals surface area contributed by atoms with Crippen molar-refractivity contribution < 1.29 is 32.2 Å². The van der Waals surface area contributed by atoms with Crippen LogP contribution in [0.4, 0.5) is 18.9 Å². The fraction of sp³-hybridized carbons (Fsp3) is 0.261.